The summed E-state index contributed by atoms with van der Waals surface area (Å²) in [4.78, 5) is 4.82. The summed E-state index contributed by atoms with van der Waals surface area (Å²) in [6, 6.07) is 25.5. The minimum Gasteiger partial charge on any atom is -0.399 e. The lowest BCUT2D eigenvalue weighted by Gasteiger charge is -2.32. The van der Waals surface area contributed by atoms with Gasteiger partial charge in [0.05, 0.1) is 22.2 Å². The highest BCUT2D eigenvalue weighted by atomic mass is 16.7. The SMILES string of the molecule is CCc1nc2ccccc2n1-c1cccc(-c2ccc(B3OC(C)(C)C(C)(C)O3)cc2)c1. The molecule has 2 heterocycles. The number of fused-ring (bicyclic) bond motifs is 1. The molecule has 32 heavy (non-hydrogen) atoms. The Kier molecular flexibility index (Phi) is 4.99. The zero-order chi connectivity index (χ0) is 22.5. The highest BCUT2D eigenvalue weighted by Crippen LogP contribution is 2.36. The molecule has 1 saturated heterocycles. The van der Waals surface area contributed by atoms with Crippen LogP contribution >= 0.6 is 0 Å². The van der Waals surface area contributed by atoms with Crippen LogP contribution in [0.25, 0.3) is 27.8 Å². The van der Waals surface area contributed by atoms with E-state index in [2.05, 4.69) is 106 Å². The number of hydrogen-bond acceptors (Lipinski definition) is 3. The molecule has 4 aromatic rings. The van der Waals surface area contributed by atoms with E-state index in [1.165, 1.54) is 5.56 Å². The summed E-state index contributed by atoms with van der Waals surface area (Å²) in [5, 5.41) is 0. The lowest BCUT2D eigenvalue weighted by atomic mass is 9.78. The third-order valence-electron chi connectivity index (χ3n) is 6.82. The minimum atomic E-state index is -0.343. The van der Waals surface area contributed by atoms with Gasteiger partial charge in [0, 0.05) is 12.1 Å². The molecule has 5 heteroatoms. The number of aromatic nitrogens is 2. The van der Waals surface area contributed by atoms with Crippen LogP contribution in [-0.2, 0) is 15.7 Å². The van der Waals surface area contributed by atoms with E-state index in [0.29, 0.717) is 0 Å². The molecule has 1 aromatic heterocycles. The topological polar surface area (TPSA) is 36.3 Å². The lowest BCUT2D eigenvalue weighted by Crippen LogP contribution is -2.41. The maximum Gasteiger partial charge on any atom is 0.494 e. The van der Waals surface area contributed by atoms with E-state index in [-0.39, 0.29) is 18.3 Å². The first-order chi connectivity index (χ1) is 15.3. The zero-order valence-corrected chi connectivity index (χ0v) is 19.4. The monoisotopic (exact) mass is 424 g/mol. The van der Waals surface area contributed by atoms with Crippen LogP contribution in [0.15, 0.2) is 72.8 Å². The summed E-state index contributed by atoms with van der Waals surface area (Å²) in [6.45, 7) is 10.5. The Morgan fingerprint density at radius 1 is 0.812 bits per heavy atom. The second-order valence-electron chi connectivity index (χ2n) is 9.47. The highest BCUT2D eigenvalue weighted by Gasteiger charge is 2.51. The van der Waals surface area contributed by atoms with E-state index in [4.69, 9.17) is 14.3 Å². The third kappa shape index (κ3) is 3.46. The third-order valence-corrected chi connectivity index (χ3v) is 6.82. The molecular formula is C27H29BN2O2. The molecule has 0 bridgehead atoms. The quantitative estimate of drug-likeness (QED) is 0.403. The van der Waals surface area contributed by atoms with Crippen molar-refractivity contribution in [1.82, 2.24) is 9.55 Å². The van der Waals surface area contributed by atoms with Gasteiger partial charge in [0.2, 0.25) is 0 Å². The second-order valence-corrected chi connectivity index (χ2v) is 9.47. The predicted molar refractivity (Wildman–Crippen MR) is 132 cm³/mol. The van der Waals surface area contributed by atoms with Gasteiger partial charge in [0.15, 0.2) is 0 Å². The average Bonchev–Trinajstić information content (AvgIpc) is 3.27. The highest BCUT2D eigenvalue weighted by molar-refractivity contribution is 6.62. The van der Waals surface area contributed by atoms with Crippen molar-refractivity contribution in [2.75, 3.05) is 0 Å². The first-order valence-electron chi connectivity index (χ1n) is 11.3. The van der Waals surface area contributed by atoms with Gasteiger partial charge in [-0.05, 0) is 68.6 Å². The van der Waals surface area contributed by atoms with E-state index in [9.17, 15) is 0 Å². The van der Waals surface area contributed by atoms with E-state index in [0.717, 1.165) is 40.0 Å². The van der Waals surface area contributed by atoms with E-state index in [1.54, 1.807) is 0 Å². The maximum atomic E-state index is 6.20. The van der Waals surface area contributed by atoms with Crippen molar-refractivity contribution in [3.8, 4) is 16.8 Å². The number of nitrogens with zero attached hydrogens (tertiary/aromatic N) is 2. The maximum absolute atomic E-state index is 6.20. The van der Waals surface area contributed by atoms with Gasteiger partial charge in [-0.1, -0.05) is 55.5 Å². The van der Waals surface area contributed by atoms with E-state index >= 15 is 0 Å². The molecule has 0 spiro atoms. The summed E-state index contributed by atoms with van der Waals surface area (Å²) in [6.07, 6.45) is 0.877. The van der Waals surface area contributed by atoms with Crippen molar-refractivity contribution in [2.45, 2.75) is 52.2 Å². The van der Waals surface area contributed by atoms with Crippen molar-refractivity contribution in [2.24, 2.45) is 0 Å². The molecule has 162 valence electrons. The standard InChI is InChI=1S/C27H29BN2O2/c1-6-25-29-23-12-7-8-13-24(23)30(25)22-11-9-10-20(18-22)19-14-16-21(17-15-19)28-31-26(2,3)27(4,5)32-28/h7-18H,6H2,1-5H3. The van der Waals surface area contributed by atoms with Crippen molar-refractivity contribution >= 4 is 23.6 Å². The molecule has 0 saturated carbocycles. The Morgan fingerprint density at radius 3 is 2.19 bits per heavy atom. The number of imidazole rings is 1. The predicted octanol–water partition coefficient (Wildman–Crippen LogP) is 5.55. The summed E-state index contributed by atoms with van der Waals surface area (Å²) >= 11 is 0. The Labute approximate surface area is 190 Å². The Bertz CT molecular complexity index is 1260. The lowest BCUT2D eigenvalue weighted by molar-refractivity contribution is 0.00578. The van der Waals surface area contributed by atoms with Gasteiger partial charge in [-0.15, -0.1) is 0 Å². The number of benzene rings is 3. The number of hydrogen-bond donors (Lipinski definition) is 0. The normalized spacial score (nSPS) is 17.2. The molecule has 1 aliphatic heterocycles. The van der Waals surface area contributed by atoms with Crippen molar-refractivity contribution in [3.63, 3.8) is 0 Å². The molecule has 4 nitrogen and oxygen atoms in total. The Hall–Kier alpha value is -2.89. The molecule has 0 aliphatic carbocycles. The largest absolute Gasteiger partial charge is 0.494 e. The van der Waals surface area contributed by atoms with E-state index < -0.39 is 0 Å². The van der Waals surface area contributed by atoms with Gasteiger partial charge in [0.1, 0.15) is 5.82 Å². The van der Waals surface area contributed by atoms with E-state index in [1.807, 2.05) is 6.07 Å². The van der Waals surface area contributed by atoms with Crippen molar-refractivity contribution < 1.29 is 9.31 Å². The fraction of sp³-hybridized carbons (Fsp3) is 0.296. The van der Waals surface area contributed by atoms with Crippen LogP contribution in [0.1, 0.15) is 40.4 Å². The van der Waals surface area contributed by atoms with Crippen molar-refractivity contribution in [1.29, 1.82) is 0 Å². The first kappa shape index (κ1) is 21.0. The molecule has 0 atom stereocenters. The average molecular weight is 424 g/mol. The van der Waals surface area contributed by atoms with Gasteiger partial charge in [-0.2, -0.15) is 0 Å². The molecular weight excluding hydrogens is 395 g/mol. The summed E-state index contributed by atoms with van der Waals surface area (Å²) in [5.41, 5.74) is 5.99. The first-order valence-corrected chi connectivity index (χ1v) is 11.3. The molecule has 1 aliphatic rings. The Balaban J connectivity index is 1.48. The molecule has 0 amide bonds. The summed E-state index contributed by atoms with van der Waals surface area (Å²) < 4.78 is 14.7. The summed E-state index contributed by atoms with van der Waals surface area (Å²) in [7, 11) is -0.343. The van der Waals surface area contributed by atoms with Crippen LogP contribution in [0, 0.1) is 0 Å². The van der Waals surface area contributed by atoms with Gasteiger partial charge < -0.3 is 9.31 Å². The van der Waals surface area contributed by atoms with Crippen LogP contribution in [0.4, 0.5) is 0 Å². The fourth-order valence-corrected chi connectivity index (χ4v) is 4.24. The summed E-state index contributed by atoms with van der Waals surface area (Å²) in [5.74, 6) is 1.07. The minimum absolute atomic E-state index is 0.338. The van der Waals surface area contributed by atoms with Crippen LogP contribution < -0.4 is 5.46 Å². The van der Waals surface area contributed by atoms with Crippen LogP contribution in [0.2, 0.25) is 0 Å². The van der Waals surface area contributed by atoms with Crippen LogP contribution in [0.5, 0.6) is 0 Å². The van der Waals surface area contributed by atoms with Gasteiger partial charge in [-0.25, -0.2) is 4.98 Å². The van der Waals surface area contributed by atoms with Gasteiger partial charge >= 0.3 is 7.12 Å². The van der Waals surface area contributed by atoms with Crippen LogP contribution in [0.3, 0.4) is 0 Å². The smallest absolute Gasteiger partial charge is 0.399 e. The van der Waals surface area contributed by atoms with Crippen LogP contribution in [-0.4, -0.2) is 27.9 Å². The fourth-order valence-electron chi connectivity index (χ4n) is 4.24. The molecule has 1 fully saturated rings. The molecule has 5 rings (SSSR count). The molecule has 0 N–H and O–H groups in total. The zero-order valence-electron chi connectivity index (χ0n) is 19.4. The number of aryl methyl sites for hydroxylation is 1. The molecule has 3 aromatic carbocycles. The second kappa shape index (κ2) is 7.61. The molecule has 0 radical (unpaired) electrons. The number of para-hydroxylation sites is 2. The Morgan fingerprint density at radius 2 is 1.50 bits per heavy atom. The van der Waals surface area contributed by atoms with Gasteiger partial charge in [-0.3, -0.25) is 4.57 Å². The van der Waals surface area contributed by atoms with Gasteiger partial charge in [0.25, 0.3) is 0 Å². The number of rotatable bonds is 4. The van der Waals surface area contributed by atoms with Crippen molar-refractivity contribution in [3.05, 3.63) is 78.6 Å². The molecule has 0 unspecified atom stereocenters.